The molecule has 3 aliphatic rings. The lowest BCUT2D eigenvalue weighted by atomic mass is 9.63. The minimum atomic E-state index is -0.722. The molecule has 0 aromatic heterocycles. The van der Waals surface area contributed by atoms with Crippen LogP contribution in [0.2, 0.25) is 0 Å². The van der Waals surface area contributed by atoms with E-state index in [2.05, 4.69) is 19.9 Å². The molecule has 0 radical (unpaired) electrons. The van der Waals surface area contributed by atoms with Crippen molar-refractivity contribution in [3.63, 3.8) is 0 Å². The summed E-state index contributed by atoms with van der Waals surface area (Å²) in [6.07, 6.45) is 3.11. The zero-order chi connectivity index (χ0) is 15.9. The Bertz CT molecular complexity index is 673. The summed E-state index contributed by atoms with van der Waals surface area (Å²) >= 11 is 0. The maximum atomic E-state index is 12.2. The van der Waals surface area contributed by atoms with Crippen molar-refractivity contribution in [2.75, 3.05) is 0 Å². The Morgan fingerprint density at radius 1 is 1.27 bits per heavy atom. The predicted octanol–water partition coefficient (Wildman–Crippen LogP) is 3.59. The fourth-order valence-corrected chi connectivity index (χ4v) is 6.11. The van der Waals surface area contributed by atoms with Crippen LogP contribution in [-0.4, -0.2) is 21.8 Å². The number of hydrogen-bond donors (Lipinski definition) is 2. The number of aliphatic hydroxyl groups is 1. The highest BCUT2D eigenvalue weighted by atomic mass is 16.4. The average Bonchev–Trinajstić information content (AvgIpc) is 2.75. The maximum absolute atomic E-state index is 12.2. The van der Waals surface area contributed by atoms with Gasteiger partial charge in [0.1, 0.15) is 0 Å². The standard InChI is InChI=1S/C19H24O3/c1-11-5-4-6-12-13-7-8-19(22)10-18(13,9-17(19,2)3)15(14(11)12)16(20)21/h4-6,13,15,22H,7-10H2,1-3H3,(H,20,21). The number of carboxylic acids is 1. The van der Waals surface area contributed by atoms with Crippen LogP contribution in [0.15, 0.2) is 18.2 Å². The van der Waals surface area contributed by atoms with Crippen molar-refractivity contribution >= 4 is 5.97 Å². The Labute approximate surface area is 131 Å². The van der Waals surface area contributed by atoms with Crippen molar-refractivity contribution in [2.45, 2.75) is 63.9 Å². The second-order valence-corrected chi connectivity index (χ2v) is 8.44. The van der Waals surface area contributed by atoms with Crippen LogP contribution in [0.5, 0.6) is 0 Å². The maximum Gasteiger partial charge on any atom is 0.311 e. The van der Waals surface area contributed by atoms with Crippen LogP contribution in [-0.2, 0) is 4.79 Å². The van der Waals surface area contributed by atoms with E-state index in [1.165, 1.54) is 5.56 Å². The first-order valence-corrected chi connectivity index (χ1v) is 8.26. The molecule has 2 fully saturated rings. The Morgan fingerprint density at radius 3 is 2.68 bits per heavy atom. The molecule has 2 N–H and O–H groups in total. The van der Waals surface area contributed by atoms with E-state index >= 15 is 0 Å². The molecule has 3 heteroatoms. The fourth-order valence-electron chi connectivity index (χ4n) is 6.11. The summed E-state index contributed by atoms with van der Waals surface area (Å²) in [5, 5.41) is 21.2. The smallest absolute Gasteiger partial charge is 0.311 e. The molecule has 1 aromatic carbocycles. The quantitative estimate of drug-likeness (QED) is 0.833. The van der Waals surface area contributed by atoms with Crippen LogP contribution in [0.25, 0.3) is 0 Å². The summed E-state index contributed by atoms with van der Waals surface area (Å²) in [7, 11) is 0. The zero-order valence-electron chi connectivity index (χ0n) is 13.5. The fraction of sp³-hybridized carbons (Fsp3) is 0.632. The van der Waals surface area contributed by atoms with Gasteiger partial charge in [0.05, 0.1) is 11.5 Å². The average molecular weight is 300 g/mol. The molecule has 2 saturated carbocycles. The third-order valence-electron chi connectivity index (χ3n) is 7.04. The molecule has 0 amide bonds. The SMILES string of the molecule is Cc1cccc2c1C(C(=O)O)C13CC(C)(C)C(O)(CCC21)C3. The molecule has 3 aliphatic carbocycles. The molecular formula is C19H24O3. The van der Waals surface area contributed by atoms with Gasteiger partial charge in [-0.05, 0) is 66.0 Å². The highest BCUT2D eigenvalue weighted by molar-refractivity contribution is 5.81. The highest BCUT2D eigenvalue weighted by Gasteiger charge is 2.70. The Morgan fingerprint density at radius 2 is 2.00 bits per heavy atom. The zero-order valence-corrected chi connectivity index (χ0v) is 13.5. The predicted molar refractivity (Wildman–Crippen MR) is 83.9 cm³/mol. The lowest BCUT2D eigenvalue weighted by Crippen LogP contribution is -2.43. The lowest BCUT2D eigenvalue weighted by Gasteiger charge is -2.42. The molecule has 0 heterocycles. The number of hydrogen-bond acceptors (Lipinski definition) is 2. The normalized spacial score (nSPS) is 41.1. The number of fused-ring (bicyclic) bond motifs is 3. The van der Waals surface area contributed by atoms with Crippen molar-refractivity contribution in [2.24, 2.45) is 10.8 Å². The topological polar surface area (TPSA) is 57.5 Å². The van der Waals surface area contributed by atoms with Gasteiger partial charge in [0, 0.05) is 0 Å². The van der Waals surface area contributed by atoms with Gasteiger partial charge in [-0.1, -0.05) is 32.0 Å². The highest BCUT2D eigenvalue weighted by Crippen LogP contribution is 2.74. The lowest BCUT2D eigenvalue weighted by molar-refractivity contribution is -0.143. The Balaban J connectivity index is 1.97. The summed E-state index contributed by atoms with van der Waals surface area (Å²) in [5.74, 6) is -0.909. The minimum Gasteiger partial charge on any atom is -0.481 e. The van der Waals surface area contributed by atoms with Gasteiger partial charge >= 0.3 is 5.97 Å². The number of aryl methyl sites for hydroxylation is 1. The summed E-state index contributed by atoms with van der Waals surface area (Å²) in [4.78, 5) is 12.2. The number of carboxylic acid groups (broad SMARTS) is 1. The van der Waals surface area contributed by atoms with Crippen molar-refractivity contribution in [1.29, 1.82) is 0 Å². The van der Waals surface area contributed by atoms with Crippen LogP contribution in [0.4, 0.5) is 0 Å². The van der Waals surface area contributed by atoms with E-state index in [-0.39, 0.29) is 16.7 Å². The first kappa shape index (κ1) is 14.3. The summed E-state index contributed by atoms with van der Waals surface area (Å²) in [6.45, 7) is 6.24. The van der Waals surface area contributed by atoms with Gasteiger partial charge in [0.15, 0.2) is 0 Å². The van der Waals surface area contributed by atoms with Gasteiger partial charge in [-0.2, -0.15) is 0 Å². The molecular weight excluding hydrogens is 276 g/mol. The van der Waals surface area contributed by atoms with Gasteiger partial charge in [-0.25, -0.2) is 0 Å². The first-order chi connectivity index (χ1) is 10.2. The van der Waals surface area contributed by atoms with Crippen molar-refractivity contribution in [1.82, 2.24) is 0 Å². The van der Waals surface area contributed by atoms with Crippen molar-refractivity contribution in [3.8, 4) is 0 Å². The van der Waals surface area contributed by atoms with E-state index in [0.717, 1.165) is 30.4 Å². The Kier molecular flexibility index (Phi) is 2.55. The van der Waals surface area contributed by atoms with Crippen LogP contribution in [0, 0.1) is 17.8 Å². The monoisotopic (exact) mass is 300 g/mol. The van der Waals surface area contributed by atoms with E-state index < -0.39 is 17.5 Å². The molecule has 118 valence electrons. The van der Waals surface area contributed by atoms with Crippen LogP contribution < -0.4 is 0 Å². The van der Waals surface area contributed by atoms with Crippen LogP contribution in [0.1, 0.15) is 68.1 Å². The molecule has 0 saturated heterocycles. The van der Waals surface area contributed by atoms with E-state index in [0.29, 0.717) is 6.42 Å². The second-order valence-electron chi connectivity index (χ2n) is 8.44. The number of rotatable bonds is 1. The summed E-state index contributed by atoms with van der Waals surface area (Å²) in [6, 6.07) is 6.19. The Hall–Kier alpha value is -1.35. The largest absolute Gasteiger partial charge is 0.481 e. The van der Waals surface area contributed by atoms with Crippen LogP contribution >= 0.6 is 0 Å². The second kappa shape index (κ2) is 3.94. The molecule has 2 bridgehead atoms. The number of carbonyl (C=O) groups is 1. The third kappa shape index (κ3) is 1.43. The molecule has 4 unspecified atom stereocenters. The van der Waals surface area contributed by atoms with Crippen LogP contribution in [0.3, 0.4) is 0 Å². The van der Waals surface area contributed by atoms with E-state index in [9.17, 15) is 15.0 Å². The van der Waals surface area contributed by atoms with Gasteiger partial charge in [0.25, 0.3) is 0 Å². The summed E-state index contributed by atoms with van der Waals surface area (Å²) in [5.41, 5.74) is 2.10. The van der Waals surface area contributed by atoms with Crippen molar-refractivity contribution < 1.29 is 15.0 Å². The van der Waals surface area contributed by atoms with Gasteiger partial charge in [-0.15, -0.1) is 0 Å². The molecule has 0 aliphatic heterocycles. The van der Waals surface area contributed by atoms with Crippen molar-refractivity contribution in [3.05, 3.63) is 34.9 Å². The molecule has 3 nitrogen and oxygen atoms in total. The molecule has 22 heavy (non-hydrogen) atoms. The van der Waals surface area contributed by atoms with Gasteiger partial charge in [0.2, 0.25) is 0 Å². The number of benzene rings is 1. The number of aliphatic carboxylic acids is 1. The third-order valence-corrected chi connectivity index (χ3v) is 7.04. The molecule has 1 aromatic rings. The van der Waals surface area contributed by atoms with E-state index in [4.69, 9.17) is 0 Å². The van der Waals surface area contributed by atoms with E-state index in [1.807, 2.05) is 19.1 Å². The minimum absolute atomic E-state index is 0.217. The molecule has 4 atom stereocenters. The van der Waals surface area contributed by atoms with Gasteiger partial charge < -0.3 is 10.2 Å². The molecule has 1 spiro atoms. The first-order valence-electron chi connectivity index (χ1n) is 8.26. The summed E-state index contributed by atoms with van der Waals surface area (Å²) < 4.78 is 0. The van der Waals surface area contributed by atoms with Gasteiger partial charge in [-0.3, -0.25) is 4.79 Å². The van der Waals surface area contributed by atoms with E-state index in [1.54, 1.807) is 0 Å². The molecule has 4 rings (SSSR count).